The van der Waals surface area contributed by atoms with Crippen LogP contribution in [-0.2, 0) is 0 Å². The van der Waals surface area contributed by atoms with E-state index in [0.29, 0.717) is 5.52 Å². The van der Waals surface area contributed by atoms with Gasteiger partial charge in [0.2, 0.25) is 0 Å². The summed E-state index contributed by atoms with van der Waals surface area (Å²) in [6.07, 6.45) is 4.82. The largest absolute Gasteiger partial charge is 0.351 e. The van der Waals surface area contributed by atoms with Gasteiger partial charge in [-0.25, -0.2) is 4.79 Å². The lowest BCUT2D eigenvalue weighted by Crippen LogP contribution is -2.18. The molecule has 3 rings (SSSR count). The van der Waals surface area contributed by atoms with Crippen LogP contribution < -0.4 is 5.73 Å². The van der Waals surface area contributed by atoms with Gasteiger partial charge in [0.15, 0.2) is 0 Å². The summed E-state index contributed by atoms with van der Waals surface area (Å²) < 4.78 is 1.33. The molecule has 1 aromatic carbocycles. The van der Waals surface area contributed by atoms with Crippen molar-refractivity contribution >= 4 is 27.7 Å². The summed E-state index contributed by atoms with van der Waals surface area (Å²) in [4.78, 5) is 11.4. The van der Waals surface area contributed by atoms with E-state index in [1.807, 2.05) is 66.7 Å². The smallest absolute Gasteiger partial charge is 0.322 e. The molecule has 7 nitrogen and oxygen atoms in total. The van der Waals surface area contributed by atoms with Gasteiger partial charge < -0.3 is 5.73 Å². The molecule has 0 radical (unpaired) electrons. The van der Waals surface area contributed by atoms with Gasteiger partial charge >= 0.3 is 6.03 Å². The highest BCUT2D eigenvalue weighted by atomic mass is 16.2. The van der Waals surface area contributed by atoms with E-state index in [2.05, 4.69) is 20.6 Å². The number of benzene rings is 1. The van der Waals surface area contributed by atoms with Gasteiger partial charge in [-0.15, -0.1) is 10.2 Å². The molecule has 0 atom stereocenters. The second kappa shape index (κ2) is 9.54. The minimum Gasteiger partial charge on any atom is -0.351 e. The maximum Gasteiger partial charge on any atom is 0.322 e. The third-order valence-electron chi connectivity index (χ3n) is 3.78. The molecule has 0 fully saturated rings. The number of nitrogens with two attached hydrogens (primary N) is 1. The summed E-state index contributed by atoms with van der Waals surface area (Å²) in [5.74, 6) is 0. The summed E-state index contributed by atoms with van der Waals surface area (Å²) in [5, 5.41) is 18.0. The van der Waals surface area contributed by atoms with Crippen molar-refractivity contribution in [3.05, 3.63) is 97.5 Å². The van der Waals surface area contributed by atoms with Gasteiger partial charge in [-0.05, 0) is 39.4 Å². The number of carbonyl (C=O) groups excluding carboxylic acids is 1. The van der Waals surface area contributed by atoms with Crippen molar-refractivity contribution < 1.29 is 4.79 Å². The van der Waals surface area contributed by atoms with Gasteiger partial charge in [0.25, 0.3) is 0 Å². The van der Waals surface area contributed by atoms with E-state index in [1.165, 1.54) is 10.8 Å². The van der Waals surface area contributed by atoms with E-state index < -0.39 is 6.03 Å². The quantitative estimate of drug-likeness (QED) is 0.651. The Morgan fingerprint density at radius 2 is 1.50 bits per heavy atom. The van der Waals surface area contributed by atoms with Crippen LogP contribution in [0, 0.1) is 0 Å². The Hall–Kier alpha value is -4.13. The van der Waals surface area contributed by atoms with Gasteiger partial charge in [-0.1, -0.05) is 60.7 Å². The summed E-state index contributed by atoms with van der Waals surface area (Å²) in [5.41, 5.74) is 5.98. The van der Waals surface area contributed by atoms with Crippen LogP contribution in [0.4, 0.5) is 4.79 Å². The van der Waals surface area contributed by atoms with Crippen molar-refractivity contribution in [2.45, 2.75) is 0 Å². The van der Waals surface area contributed by atoms with Gasteiger partial charge in [-0.3, -0.25) is 4.57 Å². The lowest BCUT2D eigenvalue weighted by molar-refractivity contribution is 0.250. The van der Waals surface area contributed by atoms with Crippen LogP contribution in [-0.4, -0.2) is 31.2 Å². The fraction of sp³-hybridized carbons (Fsp3) is 0. The molecule has 7 heteroatoms. The highest BCUT2D eigenvalue weighted by Gasteiger charge is 2.02. The summed E-state index contributed by atoms with van der Waals surface area (Å²) in [6, 6.07) is 23.8. The van der Waals surface area contributed by atoms with Crippen LogP contribution in [0.3, 0.4) is 0 Å². The van der Waals surface area contributed by atoms with Crippen molar-refractivity contribution in [1.29, 1.82) is 0 Å². The third kappa shape index (κ3) is 4.95. The second-order valence-electron chi connectivity index (χ2n) is 5.63. The molecule has 2 aromatic heterocycles. The number of fused-ring (bicyclic) bond motifs is 3. The number of carbonyl (C=O) groups is 1. The second-order valence-corrected chi connectivity index (χ2v) is 5.63. The van der Waals surface area contributed by atoms with Crippen molar-refractivity contribution in [1.82, 2.24) is 25.2 Å². The van der Waals surface area contributed by atoms with Gasteiger partial charge in [-0.2, -0.15) is 0 Å². The van der Waals surface area contributed by atoms with E-state index in [-0.39, 0.29) is 0 Å². The predicted octanol–water partition coefficient (Wildman–Crippen LogP) is 3.67. The normalized spacial score (nSPS) is 9.71. The Balaban J connectivity index is 2.28. The molecular formula is C21H18N6O. The van der Waals surface area contributed by atoms with Crippen LogP contribution in [0.25, 0.3) is 21.7 Å². The predicted molar refractivity (Wildman–Crippen MR) is 108 cm³/mol. The number of primary amides is 1. The van der Waals surface area contributed by atoms with Crippen molar-refractivity contribution in [3.63, 3.8) is 0 Å². The molecule has 0 bridgehead atoms. The van der Waals surface area contributed by atoms with Crippen LogP contribution >= 0.6 is 0 Å². The molecule has 0 unspecified atom stereocenters. The van der Waals surface area contributed by atoms with Crippen LogP contribution in [0.2, 0.25) is 0 Å². The maximum atomic E-state index is 11.4. The van der Waals surface area contributed by atoms with Crippen molar-refractivity contribution in [2.24, 2.45) is 5.73 Å². The lowest BCUT2D eigenvalue weighted by atomic mass is 10.1. The summed E-state index contributed by atoms with van der Waals surface area (Å²) in [6.45, 7) is 0. The van der Waals surface area contributed by atoms with Crippen molar-refractivity contribution in [3.8, 4) is 0 Å². The zero-order valence-electron chi connectivity index (χ0n) is 15.0. The monoisotopic (exact) mass is 370 g/mol. The molecule has 0 aliphatic heterocycles. The first-order valence-electron chi connectivity index (χ1n) is 8.51. The first-order chi connectivity index (χ1) is 13.8. The third-order valence-corrected chi connectivity index (χ3v) is 3.78. The Kier molecular flexibility index (Phi) is 6.35. The van der Waals surface area contributed by atoms with E-state index in [4.69, 9.17) is 5.73 Å². The summed E-state index contributed by atoms with van der Waals surface area (Å²) >= 11 is 0. The molecule has 0 spiro atoms. The topological polar surface area (TPSA) is 99.6 Å². The SMILES string of the molecule is NC(=O)n1ccc2c(ccc3nnnncccccccccccc32)c1. The molecule has 3 aromatic rings. The van der Waals surface area contributed by atoms with Crippen LogP contribution in [0.15, 0.2) is 97.5 Å². The average molecular weight is 370 g/mol. The van der Waals surface area contributed by atoms with Gasteiger partial charge in [0.05, 0.1) is 11.7 Å². The molecule has 2 heterocycles. The molecular weight excluding hydrogens is 352 g/mol. The van der Waals surface area contributed by atoms with E-state index >= 15 is 0 Å². The molecule has 0 saturated heterocycles. The zero-order chi connectivity index (χ0) is 19.6. The zero-order valence-corrected chi connectivity index (χ0v) is 15.0. The fourth-order valence-corrected chi connectivity index (χ4v) is 2.50. The van der Waals surface area contributed by atoms with Gasteiger partial charge in [0, 0.05) is 17.8 Å². The lowest BCUT2D eigenvalue weighted by Gasteiger charge is -2.05. The number of hydrogen-bond acceptors (Lipinski definition) is 5. The molecule has 1 amide bonds. The number of amides is 1. The number of rotatable bonds is 0. The van der Waals surface area contributed by atoms with E-state index in [1.54, 1.807) is 24.5 Å². The first kappa shape index (κ1) is 18.7. The number of nitrogens with zero attached hydrogens (tertiary/aromatic N) is 5. The molecule has 0 saturated carbocycles. The van der Waals surface area contributed by atoms with E-state index in [9.17, 15) is 4.79 Å². The number of pyridine rings is 1. The average Bonchev–Trinajstić information content (AvgIpc) is 2.70. The summed E-state index contributed by atoms with van der Waals surface area (Å²) in [7, 11) is 0. The highest BCUT2D eigenvalue weighted by molar-refractivity contribution is 6.05. The highest BCUT2D eigenvalue weighted by Crippen LogP contribution is 2.22. The van der Waals surface area contributed by atoms with Crippen molar-refractivity contribution in [2.75, 3.05) is 0 Å². The Morgan fingerprint density at radius 3 is 2.25 bits per heavy atom. The first-order valence-corrected chi connectivity index (χ1v) is 8.51. The number of hydrogen-bond donors (Lipinski definition) is 1. The number of aromatic nitrogens is 5. The Morgan fingerprint density at radius 1 is 0.786 bits per heavy atom. The Labute approximate surface area is 161 Å². The van der Waals surface area contributed by atoms with Gasteiger partial charge in [0.1, 0.15) is 0 Å². The van der Waals surface area contributed by atoms with E-state index in [0.717, 1.165) is 16.2 Å². The molecule has 138 valence electrons. The fourth-order valence-electron chi connectivity index (χ4n) is 2.50. The molecule has 2 N–H and O–H groups in total. The molecule has 0 aliphatic rings. The molecule has 0 aliphatic carbocycles. The maximum absolute atomic E-state index is 11.4. The minimum atomic E-state index is -0.547. The van der Waals surface area contributed by atoms with Crippen LogP contribution in [0.5, 0.6) is 0 Å². The Bertz CT molecular complexity index is 1170. The standard InChI is InChI=1S/C21H18N6O/c22-21(28)27-15-13-18-17(16-27)11-12-20-19(18)10-8-6-4-2-1-3-5-7-9-14-23-25-26-24-20/h1-16H,(H2,22,28). The minimum absolute atomic E-state index is 0.547. The molecule has 28 heavy (non-hydrogen) atoms. The van der Waals surface area contributed by atoms with Crippen LogP contribution in [0.1, 0.15) is 0 Å².